The summed E-state index contributed by atoms with van der Waals surface area (Å²) in [5.74, 6) is 0. The molecule has 0 bridgehead atoms. The number of halogens is 1. The quantitative estimate of drug-likeness (QED) is 0.761. The summed E-state index contributed by atoms with van der Waals surface area (Å²) in [7, 11) is 0. The first-order valence-corrected chi connectivity index (χ1v) is 7.60. The number of hydrogen-bond donors (Lipinski definition) is 2. The second kappa shape index (κ2) is 6.02. The highest BCUT2D eigenvalue weighted by atomic mass is 79.9. The molecule has 1 aromatic heterocycles. The van der Waals surface area contributed by atoms with Crippen LogP contribution in [0.1, 0.15) is 11.6 Å². The molecule has 0 saturated carbocycles. The molecule has 0 amide bonds. The fourth-order valence-corrected chi connectivity index (χ4v) is 3.03. The minimum absolute atomic E-state index is 0.284. The molecule has 108 valence electrons. The third-order valence-corrected chi connectivity index (χ3v) is 4.17. The van der Waals surface area contributed by atoms with Gasteiger partial charge in [0.15, 0.2) is 0 Å². The molecule has 2 unspecified atom stereocenters. The first-order chi connectivity index (χ1) is 10.2. The third kappa shape index (κ3) is 2.75. The smallest absolute Gasteiger partial charge is 0.102 e. The van der Waals surface area contributed by atoms with Gasteiger partial charge in [-0.05, 0) is 29.1 Å². The van der Waals surface area contributed by atoms with Gasteiger partial charge in [0.25, 0.3) is 0 Å². The van der Waals surface area contributed by atoms with Crippen molar-refractivity contribution in [1.29, 1.82) is 0 Å². The maximum absolute atomic E-state index is 10.3. The van der Waals surface area contributed by atoms with Crippen LogP contribution in [0.5, 0.6) is 0 Å². The van der Waals surface area contributed by atoms with Gasteiger partial charge in [-0.2, -0.15) is 0 Å². The van der Waals surface area contributed by atoms with Gasteiger partial charge in [0.05, 0.1) is 12.6 Å². The summed E-state index contributed by atoms with van der Waals surface area (Å²) in [5, 5.41) is 20.8. The fraction of sp³-hybridized carbons (Fsp3) is 0.176. The lowest BCUT2D eigenvalue weighted by atomic mass is 10.0. The van der Waals surface area contributed by atoms with E-state index in [-0.39, 0.29) is 12.6 Å². The highest BCUT2D eigenvalue weighted by Gasteiger charge is 2.23. The number of hydrogen-bond acceptors (Lipinski definition) is 2. The van der Waals surface area contributed by atoms with E-state index in [0.29, 0.717) is 0 Å². The van der Waals surface area contributed by atoms with Gasteiger partial charge in [0.1, 0.15) is 6.10 Å². The number of nitrogens with zero attached hydrogens (tertiary/aromatic N) is 1. The Labute approximate surface area is 131 Å². The average molecular weight is 346 g/mol. The summed E-state index contributed by atoms with van der Waals surface area (Å²) >= 11 is 3.49. The summed E-state index contributed by atoms with van der Waals surface area (Å²) in [6.07, 6.45) is 1.09. The monoisotopic (exact) mass is 345 g/mol. The zero-order valence-corrected chi connectivity index (χ0v) is 12.9. The van der Waals surface area contributed by atoms with Crippen molar-refractivity contribution in [2.45, 2.75) is 12.1 Å². The molecule has 0 fully saturated rings. The van der Waals surface area contributed by atoms with E-state index in [1.807, 2.05) is 65.4 Å². The molecule has 0 aliphatic rings. The van der Waals surface area contributed by atoms with Crippen LogP contribution in [0, 0.1) is 0 Å². The lowest BCUT2D eigenvalue weighted by Crippen LogP contribution is -2.27. The van der Waals surface area contributed by atoms with Gasteiger partial charge >= 0.3 is 0 Å². The van der Waals surface area contributed by atoms with Crippen molar-refractivity contribution < 1.29 is 10.2 Å². The second-order valence-corrected chi connectivity index (χ2v) is 5.95. The van der Waals surface area contributed by atoms with Crippen molar-refractivity contribution in [3.05, 3.63) is 70.8 Å². The Bertz CT molecular complexity index is 739. The molecule has 3 aromatic rings. The predicted octanol–water partition coefficient (Wildman–Crippen LogP) is 3.35. The zero-order chi connectivity index (χ0) is 14.8. The van der Waals surface area contributed by atoms with E-state index in [1.54, 1.807) is 0 Å². The molecular weight excluding hydrogens is 330 g/mol. The molecule has 0 saturated heterocycles. The summed E-state index contributed by atoms with van der Waals surface area (Å²) in [4.78, 5) is 0. The molecule has 1 heterocycles. The van der Waals surface area contributed by atoms with E-state index >= 15 is 0 Å². The standard InChI is InChI=1S/C17H16BrNO2/c18-14-7-6-12-8-9-19(15(12)10-14)17(16(21)11-20)13-4-2-1-3-5-13/h1-10,16-17,20-21H,11H2. The van der Waals surface area contributed by atoms with Crippen molar-refractivity contribution in [3.8, 4) is 0 Å². The molecule has 2 atom stereocenters. The number of fused-ring (bicyclic) bond motifs is 1. The van der Waals surface area contributed by atoms with Crippen LogP contribution >= 0.6 is 15.9 Å². The summed E-state index contributed by atoms with van der Waals surface area (Å²) < 4.78 is 3.00. The fourth-order valence-electron chi connectivity index (χ4n) is 2.68. The van der Waals surface area contributed by atoms with Gasteiger partial charge < -0.3 is 14.8 Å². The topological polar surface area (TPSA) is 45.4 Å². The molecule has 0 aliphatic heterocycles. The van der Waals surface area contributed by atoms with Crippen molar-refractivity contribution in [3.63, 3.8) is 0 Å². The lowest BCUT2D eigenvalue weighted by Gasteiger charge is -2.25. The van der Waals surface area contributed by atoms with E-state index in [9.17, 15) is 10.2 Å². The number of aliphatic hydroxyl groups excluding tert-OH is 2. The van der Waals surface area contributed by atoms with E-state index in [0.717, 1.165) is 20.9 Å². The Morgan fingerprint density at radius 1 is 1.05 bits per heavy atom. The Morgan fingerprint density at radius 3 is 2.52 bits per heavy atom. The normalized spacial score (nSPS) is 14.2. The zero-order valence-electron chi connectivity index (χ0n) is 11.4. The molecule has 21 heavy (non-hydrogen) atoms. The molecule has 3 nitrogen and oxygen atoms in total. The van der Waals surface area contributed by atoms with E-state index in [2.05, 4.69) is 15.9 Å². The first-order valence-electron chi connectivity index (χ1n) is 6.80. The van der Waals surface area contributed by atoms with Crippen LogP contribution in [0.15, 0.2) is 65.3 Å². The van der Waals surface area contributed by atoms with Gasteiger partial charge in [-0.1, -0.05) is 52.3 Å². The van der Waals surface area contributed by atoms with Crippen LogP contribution < -0.4 is 0 Å². The summed E-state index contributed by atoms with van der Waals surface area (Å²) in [6, 6.07) is 17.5. The maximum atomic E-state index is 10.3. The minimum Gasteiger partial charge on any atom is -0.394 e. The lowest BCUT2D eigenvalue weighted by molar-refractivity contribution is 0.0654. The van der Waals surface area contributed by atoms with Gasteiger partial charge in [-0.3, -0.25) is 0 Å². The molecule has 3 rings (SSSR count). The van der Waals surface area contributed by atoms with Crippen LogP contribution in [0.4, 0.5) is 0 Å². The largest absolute Gasteiger partial charge is 0.394 e. The van der Waals surface area contributed by atoms with Crippen LogP contribution in [0.3, 0.4) is 0 Å². The molecule has 0 radical (unpaired) electrons. The number of benzene rings is 2. The van der Waals surface area contributed by atoms with Crippen molar-refractivity contribution in [2.75, 3.05) is 6.61 Å². The average Bonchev–Trinajstić information content (AvgIpc) is 2.91. The summed E-state index contributed by atoms with van der Waals surface area (Å²) in [5.41, 5.74) is 1.99. The van der Waals surface area contributed by atoms with E-state index in [4.69, 9.17) is 0 Å². The van der Waals surface area contributed by atoms with Crippen molar-refractivity contribution in [2.24, 2.45) is 0 Å². The molecule has 2 aromatic carbocycles. The molecule has 2 N–H and O–H groups in total. The first kappa shape index (κ1) is 14.3. The Balaban J connectivity index is 2.17. The van der Waals surface area contributed by atoms with Crippen LogP contribution in [0.2, 0.25) is 0 Å². The predicted molar refractivity (Wildman–Crippen MR) is 87.3 cm³/mol. The highest BCUT2D eigenvalue weighted by molar-refractivity contribution is 9.10. The molecule has 0 aliphatic carbocycles. The number of aliphatic hydroxyl groups is 2. The Hall–Kier alpha value is -1.62. The minimum atomic E-state index is -0.859. The second-order valence-electron chi connectivity index (χ2n) is 5.03. The van der Waals surface area contributed by atoms with E-state index < -0.39 is 6.10 Å². The van der Waals surface area contributed by atoms with Crippen LogP contribution in [-0.2, 0) is 0 Å². The molecule has 4 heteroatoms. The van der Waals surface area contributed by atoms with Gasteiger partial charge in [-0.15, -0.1) is 0 Å². The van der Waals surface area contributed by atoms with E-state index in [1.165, 1.54) is 0 Å². The Kier molecular flexibility index (Phi) is 4.10. The molecular formula is C17H16BrNO2. The highest BCUT2D eigenvalue weighted by Crippen LogP contribution is 2.29. The Morgan fingerprint density at radius 2 is 1.81 bits per heavy atom. The number of aromatic nitrogens is 1. The SMILES string of the molecule is OCC(O)C(c1ccccc1)n1ccc2ccc(Br)cc21. The van der Waals surface area contributed by atoms with Gasteiger partial charge in [0.2, 0.25) is 0 Å². The van der Waals surface area contributed by atoms with Gasteiger partial charge in [0, 0.05) is 16.2 Å². The van der Waals surface area contributed by atoms with Crippen LogP contribution in [0.25, 0.3) is 10.9 Å². The molecule has 0 spiro atoms. The van der Waals surface area contributed by atoms with Crippen molar-refractivity contribution >= 4 is 26.8 Å². The number of rotatable bonds is 4. The van der Waals surface area contributed by atoms with Gasteiger partial charge in [-0.25, -0.2) is 0 Å². The maximum Gasteiger partial charge on any atom is 0.102 e. The van der Waals surface area contributed by atoms with Crippen LogP contribution in [-0.4, -0.2) is 27.5 Å². The summed E-state index contributed by atoms with van der Waals surface area (Å²) in [6.45, 7) is -0.284. The van der Waals surface area contributed by atoms with Crippen molar-refractivity contribution in [1.82, 2.24) is 4.57 Å². The third-order valence-electron chi connectivity index (χ3n) is 3.68.